The molecule has 0 aliphatic rings. The van der Waals surface area contributed by atoms with Gasteiger partial charge in [-0.2, -0.15) is 0 Å². The highest BCUT2D eigenvalue weighted by atomic mass is 35.5. The van der Waals surface area contributed by atoms with Gasteiger partial charge in [-0.15, -0.1) is 0 Å². The van der Waals surface area contributed by atoms with Gasteiger partial charge in [0.05, 0.1) is 6.61 Å². The zero-order chi connectivity index (χ0) is 16.0. The number of ketones is 1. The monoisotopic (exact) mass is 312 g/mol. The quantitative estimate of drug-likeness (QED) is 0.569. The number of carbonyl (C=O) groups excluding carboxylic acids is 2. The number of esters is 1. The number of benzene rings is 1. The Balaban J connectivity index is 2.72. The van der Waals surface area contributed by atoms with Gasteiger partial charge >= 0.3 is 5.97 Å². The van der Waals surface area contributed by atoms with E-state index in [4.69, 9.17) is 21.1 Å². The molecule has 116 valence electrons. The Labute approximate surface area is 130 Å². The second-order valence-electron chi connectivity index (χ2n) is 5.10. The maximum absolute atomic E-state index is 11.7. The maximum Gasteiger partial charge on any atom is 0.313 e. The fourth-order valence-corrected chi connectivity index (χ4v) is 2.00. The molecule has 0 radical (unpaired) electrons. The van der Waals surface area contributed by atoms with Crippen molar-refractivity contribution in [1.29, 1.82) is 0 Å². The first kappa shape index (κ1) is 17.5. The predicted molar refractivity (Wildman–Crippen MR) is 82.0 cm³/mol. The molecule has 0 amide bonds. The van der Waals surface area contributed by atoms with Crippen LogP contribution in [0.1, 0.15) is 44.2 Å². The Bertz CT molecular complexity index is 523. The lowest BCUT2D eigenvalue weighted by Gasteiger charge is -2.15. The van der Waals surface area contributed by atoms with E-state index in [0.717, 1.165) is 11.1 Å². The molecular weight excluding hydrogens is 292 g/mol. The summed E-state index contributed by atoms with van der Waals surface area (Å²) < 4.78 is 10.3. The number of carbonyl (C=O) groups is 2. The van der Waals surface area contributed by atoms with Crippen LogP contribution >= 0.6 is 11.6 Å². The second-order valence-corrected chi connectivity index (χ2v) is 5.51. The molecule has 0 fully saturated rings. The lowest BCUT2D eigenvalue weighted by molar-refractivity contribution is -0.145. The molecule has 0 saturated heterocycles. The van der Waals surface area contributed by atoms with E-state index < -0.39 is 5.97 Å². The van der Waals surface area contributed by atoms with Gasteiger partial charge in [0.2, 0.25) is 0 Å². The molecule has 1 aromatic rings. The van der Waals surface area contributed by atoms with E-state index in [1.54, 1.807) is 6.92 Å². The van der Waals surface area contributed by atoms with Crippen molar-refractivity contribution in [3.8, 4) is 5.75 Å². The minimum Gasteiger partial charge on any atom is -0.486 e. The molecule has 0 bridgehead atoms. The summed E-state index contributed by atoms with van der Waals surface area (Å²) in [5.41, 5.74) is 1.82. The highest BCUT2D eigenvalue weighted by Gasteiger charge is 2.15. The normalized spacial score (nSPS) is 10.6. The molecule has 0 saturated carbocycles. The predicted octanol–water partition coefficient (Wildman–Crippen LogP) is 3.67. The molecule has 5 heteroatoms. The van der Waals surface area contributed by atoms with Crippen LogP contribution in [0, 0.1) is 6.92 Å². The van der Waals surface area contributed by atoms with Gasteiger partial charge < -0.3 is 9.47 Å². The largest absolute Gasteiger partial charge is 0.486 e. The summed E-state index contributed by atoms with van der Waals surface area (Å²) in [4.78, 5) is 22.9. The van der Waals surface area contributed by atoms with Gasteiger partial charge in [0.25, 0.3) is 0 Å². The highest BCUT2D eigenvalue weighted by Crippen LogP contribution is 2.31. The van der Waals surface area contributed by atoms with E-state index in [-0.39, 0.29) is 31.3 Å². The summed E-state index contributed by atoms with van der Waals surface area (Å²) in [6.07, 6.45) is -0.266. The highest BCUT2D eigenvalue weighted by molar-refractivity contribution is 6.31. The summed E-state index contributed by atoms with van der Waals surface area (Å²) in [6.45, 7) is 7.73. The van der Waals surface area contributed by atoms with Crippen LogP contribution in [0.4, 0.5) is 0 Å². The average Bonchev–Trinajstić information content (AvgIpc) is 2.39. The van der Waals surface area contributed by atoms with Crippen LogP contribution in [0.3, 0.4) is 0 Å². The van der Waals surface area contributed by atoms with E-state index >= 15 is 0 Å². The van der Waals surface area contributed by atoms with Gasteiger partial charge in [0.15, 0.2) is 5.78 Å². The van der Waals surface area contributed by atoms with Crippen LogP contribution < -0.4 is 4.74 Å². The van der Waals surface area contributed by atoms with E-state index in [1.165, 1.54) is 0 Å². The van der Waals surface area contributed by atoms with Gasteiger partial charge in [-0.05, 0) is 43.0 Å². The number of halogens is 1. The van der Waals surface area contributed by atoms with E-state index in [9.17, 15) is 9.59 Å². The minimum absolute atomic E-state index is 0.153. The van der Waals surface area contributed by atoms with Crippen molar-refractivity contribution in [2.45, 2.75) is 40.0 Å². The Morgan fingerprint density at radius 3 is 2.52 bits per heavy atom. The molecule has 0 aliphatic carbocycles. The van der Waals surface area contributed by atoms with Crippen LogP contribution in [0.15, 0.2) is 12.1 Å². The zero-order valence-electron chi connectivity index (χ0n) is 12.9. The van der Waals surface area contributed by atoms with Crippen molar-refractivity contribution in [3.05, 3.63) is 28.3 Å². The SMILES string of the molecule is CCOC(=O)CC(=O)COc1cc(C)c(Cl)cc1C(C)C. The molecule has 1 aromatic carbocycles. The Morgan fingerprint density at radius 2 is 1.95 bits per heavy atom. The Hall–Kier alpha value is -1.55. The molecule has 0 heterocycles. The maximum atomic E-state index is 11.7. The molecule has 0 spiro atoms. The van der Waals surface area contributed by atoms with Crippen LogP contribution in [0.25, 0.3) is 0 Å². The standard InChI is InChI=1S/C16H21ClO4/c1-5-20-16(19)7-12(18)9-21-15-6-11(4)14(17)8-13(15)10(2)3/h6,8,10H,5,7,9H2,1-4H3. The first-order chi connectivity index (χ1) is 9.85. The number of ether oxygens (including phenoxy) is 2. The number of hydrogen-bond acceptors (Lipinski definition) is 4. The van der Waals surface area contributed by atoms with Crippen molar-refractivity contribution < 1.29 is 19.1 Å². The van der Waals surface area contributed by atoms with Gasteiger partial charge in [-0.25, -0.2) is 0 Å². The lowest BCUT2D eigenvalue weighted by Crippen LogP contribution is -2.18. The summed E-state index contributed by atoms with van der Waals surface area (Å²) in [6, 6.07) is 3.67. The van der Waals surface area contributed by atoms with Crippen molar-refractivity contribution in [1.82, 2.24) is 0 Å². The van der Waals surface area contributed by atoms with Gasteiger partial charge in [0, 0.05) is 5.02 Å². The number of Topliss-reactive ketones (excluding diaryl/α,β-unsaturated/α-hetero) is 1. The molecule has 0 unspecified atom stereocenters. The molecule has 21 heavy (non-hydrogen) atoms. The molecule has 0 aromatic heterocycles. The second kappa shape index (κ2) is 8.03. The zero-order valence-corrected chi connectivity index (χ0v) is 13.6. The fourth-order valence-electron chi connectivity index (χ4n) is 1.83. The van der Waals surface area contributed by atoms with E-state index in [2.05, 4.69) is 0 Å². The molecular formula is C16H21ClO4. The summed E-state index contributed by atoms with van der Waals surface area (Å²) >= 11 is 6.11. The number of rotatable bonds is 7. The van der Waals surface area contributed by atoms with Crippen LogP contribution in [0.2, 0.25) is 5.02 Å². The average molecular weight is 313 g/mol. The summed E-state index contributed by atoms with van der Waals surface area (Å²) in [5.74, 6) is 0.0144. The topological polar surface area (TPSA) is 52.6 Å². The molecule has 0 atom stereocenters. The number of hydrogen-bond donors (Lipinski definition) is 0. The summed E-state index contributed by atoms with van der Waals surface area (Å²) in [7, 11) is 0. The van der Waals surface area contributed by atoms with E-state index in [0.29, 0.717) is 10.8 Å². The fraction of sp³-hybridized carbons (Fsp3) is 0.500. The van der Waals surface area contributed by atoms with Crippen molar-refractivity contribution in [3.63, 3.8) is 0 Å². The molecule has 0 N–H and O–H groups in total. The lowest BCUT2D eigenvalue weighted by atomic mass is 10.0. The minimum atomic E-state index is -0.525. The Kier molecular flexibility index (Phi) is 6.69. The third kappa shape index (κ3) is 5.38. The number of aryl methyl sites for hydroxylation is 1. The van der Waals surface area contributed by atoms with Crippen LogP contribution in [0.5, 0.6) is 5.75 Å². The first-order valence-electron chi connectivity index (χ1n) is 6.95. The van der Waals surface area contributed by atoms with Crippen molar-refractivity contribution in [2.75, 3.05) is 13.2 Å². The van der Waals surface area contributed by atoms with Gasteiger partial charge in [-0.3, -0.25) is 9.59 Å². The first-order valence-corrected chi connectivity index (χ1v) is 7.33. The van der Waals surface area contributed by atoms with Crippen LogP contribution in [-0.2, 0) is 14.3 Å². The van der Waals surface area contributed by atoms with Crippen molar-refractivity contribution in [2.24, 2.45) is 0 Å². The third-order valence-electron chi connectivity index (χ3n) is 2.95. The van der Waals surface area contributed by atoms with Gasteiger partial charge in [0.1, 0.15) is 18.8 Å². The van der Waals surface area contributed by atoms with E-state index in [1.807, 2.05) is 32.9 Å². The molecule has 1 rings (SSSR count). The smallest absolute Gasteiger partial charge is 0.313 e. The van der Waals surface area contributed by atoms with Crippen molar-refractivity contribution >= 4 is 23.4 Å². The molecule has 0 aliphatic heterocycles. The van der Waals surface area contributed by atoms with Gasteiger partial charge in [-0.1, -0.05) is 25.4 Å². The summed E-state index contributed by atoms with van der Waals surface area (Å²) in [5, 5.41) is 0.670. The van der Waals surface area contributed by atoms with Crippen LogP contribution in [-0.4, -0.2) is 25.0 Å². The third-order valence-corrected chi connectivity index (χ3v) is 3.36. The Morgan fingerprint density at radius 1 is 1.29 bits per heavy atom. The molecule has 4 nitrogen and oxygen atoms in total.